The van der Waals surface area contributed by atoms with Crippen LogP contribution in [0.3, 0.4) is 0 Å². The average Bonchev–Trinajstić information content (AvgIpc) is 2.47. The van der Waals surface area contributed by atoms with E-state index in [1.165, 1.54) is 0 Å². The number of morpholine rings is 1. The van der Waals surface area contributed by atoms with E-state index in [2.05, 4.69) is 9.62 Å². The lowest BCUT2D eigenvalue weighted by Crippen LogP contribution is -2.36. The van der Waals surface area contributed by atoms with Gasteiger partial charge in [0.2, 0.25) is 10.0 Å². The van der Waals surface area contributed by atoms with E-state index in [-0.39, 0.29) is 0 Å². The molecular formula is C13H18N2O5S. The molecule has 1 aromatic carbocycles. The van der Waals surface area contributed by atoms with Gasteiger partial charge in [0.05, 0.1) is 13.2 Å². The average molecular weight is 314 g/mol. The molecular weight excluding hydrogens is 296 g/mol. The van der Waals surface area contributed by atoms with Crippen LogP contribution in [0.5, 0.6) is 0 Å². The molecule has 21 heavy (non-hydrogen) atoms. The minimum atomic E-state index is -3.93. The van der Waals surface area contributed by atoms with Gasteiger partial charge in [0, 0.05) is 24.5 Å². The zero-order valence-electron chi connectivity index (χ0n) is 11.7. The van der Waals surface area contributed by atoms with Crippen molar-refractivity contribution in [2.45, 2.75) is 12.2 Å². The first-order chi connectivity index (χ1) is 9.90. The molecule has 1 unspecified atom stereocenters. The monoisotopic (exact) mass is 314 g/mol. The van der Waals surface area contributed by atoms with Crippen molar-refractivity contribution in [3.63, 3.8) is 0 Å². The van der Waals surface area contributed by atoms with Gasteiger partial charge in [-0.1, -0.05) is 0 Å². The van der Waals surface area contributed by atoms with Gasteiger partial charge < -0.3 is 14.7 Å². The number of hydrogen-bond donors (Lipinski definition) is 2. The molecule has 1 fully saturated rings. The first-order valence-corrected chi connectivity index (χ1v) is 8.12. The van der Waals surface area contributed by atoms with E-state index in [4.69, 9.17) is 9.84 Å². The Hall–Kier alpha value is -1.80. The highest BCUT2D eigenvalue weighted by atomic mass is 32.2. The third-order valence-corrected chi connectivity index (χ3v) is 4.97. The van der Waals surface area contributed by atoms with Gasteiger partial charge in [0.25, 0.3) is 0 Å². The number of anilines is 2. The SMILES string of the molecule is CC(C(=O)O)S(=O)(=O)Nc1ccc(N2CCOCC2)cc1. The third-order valence-electron chi connectivity index (χ3n) is 3.32. The van der Waals surface area contributed by atoms with Crippen molar-refractivity contribution in [3.8, 4) is 0 Å². The lowest BCUT2D eigenvalue weighted by molar-refractivity contribution is -0.136. The highest BCUT2D eigenvalue weighted by Gasteiger charge is 2.27. The number of sulfonamides is 1. The van der Waals surface area contributed by atoms with E-state index in [9.17, 15) is 13.2 Å². The zero-order chi connectivity index (χ0) is 15.5. The summed E-state index contributed by atoms with van der Waals surface area (Å²) in [6, 6.07) is 6.84. The van der Waals surface area contributed by atoms with Crippen molar-refractivity contribution in [3.05, 3.63) is 24.3 Å². The van der Waals surface area contributed by atoms with Crippen molar-refractivity contribution in [2.75, 3.05) is 35.9 Å². The predicted molar refractivity (Wildman–Crippen MR) is 79.1 cm³/mol. The molecule has 7 nitrogen and oxygen atoms in total. The van der Waals surface area contributed by atoms with Crippen LogP contribution in [-0.2, 0) is 19.6 Å². The van der Waals surface area contributed by atoms with Crippen LogP contribution in [0.15, 0.2) is 24.3 Å². The number of carboxylic acids is 1. The van der Waals surface area contributed by atoms with Crippen LogP contribution < -0.4 is 9.62 Å². The summed E-state index contributed by atoms with van der Waals surface area (Å²) in [4.78, 5) is 12.9. The molecule has 0 spiro atoms. The van der Waals surface area contributed by atoms with Crippen molar-refractivity contribution in [2.24, 2.45) is 0 Å². The molecule has 8 heteroatoms. The van der Waals surface area contributed by atoms with Gasteiger partial charge >= 0.3 is 5.97 Å². The van der Waals surface area contributed by atoms with Gasteiger partial charge in [-0.05, 0) is 31.2 Å². The zero-order valence-corrected chi connectivity index (χ0v) is 12.5. The van der Waals surface area contributed by atoms with Crippen LogP contribution in [0.1, 0.15) is 6.92 Å². The molecule has 0 amide bonds. The quantitative estimate of drug-likeness (QED) is 0.832. The molecule has 1 aromatic rings. The van der Waals surface area contributed by atoms with E-state index >= 15 is 0 Å². The maximum atomic E-state index is 11.8. The normalized spacial score (nSPS) is 17.3. The molecule has 0 aliphatic carbocycles. The minimum Gasteiger partial charge on any atom is -0.480 e. The molecule has 116 valence electrons. The summed E-state index contributed by atoms with van der Waals surface area (Å²) in [7, 11) is -3.93. The largest absolute Gasteiger partial charge is 0.480 e. The Morgan fingerprint density at radius 2 is 1.86 bits per heavy atom. The van der Waals surface area contributed by atoms with Gasteiger partial charge in [-0.2, -0.15) is 0 Å². The van der Waals surface area contributed by atoms with Crippen LogP contribution in [-0.4, -0.2) is 51.0 Å². The molecule has 1 saturated heterocycles. The first kappa shape index (κ1) is 15.6. The maximum Gasteiger partial charge on any atom is 0.323 e. The Labute approximate surface area is 123 Å². The Kier molecular flexibility index (Phi) is 4.69. The number of aliphatic carboxylic acids is 1. The van der Waals surface area contributed by atoms with Crippen LogP contribution >= 0.6 is 0 Å². The summed E-state index contributed by atoms with van der Waals surface area (Å²) in [6.45, 7) is 4.06. The van der Waals surface area contributed by atoms with Crippen molar-refractivity contribution < 1.29 is 23.1 Å². The summed E-state index contributed by atoms with van der Waals surface area (Å²) in [5, 5.41) is 7.27. The Balaban J connectivity index is 2.07. The molecule has 2 N–H and O–H groups in total. The standard InChI is InChI=1S/C13H18N2O5S/c1-10(13(16)17)21(18,19)14-11-2-4-12(5-3-11)15-6-8-20-9-7-15/h2-5,10,14H,6-9H2,1H3,(H,16,17). The fourth-order valence-corrected chi connectivity index (χ4v) is 2.85. The highest BCUT2D eigenvalue weighted by Crippen LogP contribution is 2.20. The van der Waals surface area contributed by atoms with Crippen LogP contribution in [0.25, 0.3) is 0 Å². The predicted octanol–water partition coefficient (Wildman–Crippen LogP) is 0.738. The van der Waals surface area contributed by atoms with Gasteiger partial charge in [-0.25, -0.2) is 8.42 Å². The van der Waals surface area contributed by atoms with Crippen molar-refractivity contribution in [1.29, 1.82) is 0 Å². The first-order valence-electron chi connectivity index (χ1n) is 6.57. The third kappa shape index (κ3) is 3.85. The smallest absolute Gasteiger partial charge is 0.323 e. The van der Waals surface area contributed by atoms with Gasteiger partial charge in [0.15, 0.2) is 5.25 Å². The van der Waals surface area contributed by atoms with Crippen molar-refractivity contribution in [1.82, 2.24) is 0 Å². The lowest BCUT2D eigenvalue weighted by Gasteiger charge is -2.28. The number of hydrogen-bond acceptors (Lipinski definition) is 5. The molecule has 2 rings (SSSR count). The van der Waals surface area contributed by atoms with E-state index < -0.39 is 21.2 Å². The second-order valence-electron chi connectivity index (χ2n) is 4.77. The molecule has 0 saturated carbocycles. The molecule has 1 atom stereocenters. The number of nitrogens with zero attached hydrogens (tertiary/aromatic N) is 1. The molecule has 1 aliphatic heterocycles. The molecule has 0 aromatic heterocycles. The number of ether oxygens (including phenoxy) is 1. The lowest BCUT2D eigenvalue weighted by atomic mass is 10.2. The van der Waals surface area contributed by atoms with E-state index in [1.807, 2.05) is 0 Å². The number of carbonyl (C=O) groups is 1. The summed E-state index contributed by atoms with van der Waals surface area (Å²) < 4.78 is 31.2. The van der Waals surface area contributed by atoms with Crippen LogP contribution in [0, 0.1) is 0 Å². The Morgan fingerprint density at radius 1 is 1.29 bits per heavy atom. The molecule has 1 aliphatic rings. The van der Waals surface area contributed by atoms with Gasteiger partial charge in [-0.3, -0.25) is 9.52 Å². The molecule has 0 radical (unpaired) electrons. The maximum absolute atomic E-state index is 11.8. The number of benzene rings is 1. The fraction of sp³-hybridized carbons (Fsp3) is 0.462. The van der Waals surface area contributed by atoms with E-state index in [1.54, 1.807) is 24.3 Å². The summed E-state index contributed by atoms with van der Waals surface area (Å²) >= 11 is 0. The summed E-state index contributed by atoms with van der Waals surface area (Å²) in [6.07, 6.45) is 0. The topological polar surface area (TPSA) is 95.9 Å². The Morgan fingerprint density at radius 3 is 2.38 bits per heavy atom. The summed E-state index contributed by atoms with van der Waals surface area (Å²) in [5.74, 6) is -1.38. The van der Waals surface area contributed by atoms with E-state index in [0.717, 1.165) is 25.7 Å². The second-order valence-corrected chi connectivity index (χ2v) is 6.78. The van der Waals surface area contributed by atoms with Crippen LogP contribution in [0.4, 0.5) is 11.4 Å². The minimum absolute atomic E-state index is 0.347. The number of carboxylic acid groups (broad SMARTS) is 1. The van der Waals surface area contributed by atoms with Gasteiger partial charge in [-0.15, -0.1) is 0 Å². The summed E-state index contributed by atoms with van der Waals surface area (Å²) in [5.41, 5.74) is 1.33. The van der Waals surface area contributed by atoms with Crippen LogP contribution in [0.2, 0.25) is 0 Å². The molecule has 0 bridgehead atoms. The second kappa shape index (κ2) is 6.31. The fourth-order valence-electron chi connectivity index (χ4n) is 1.95. The Bertz CT molecular complexity index is 593. The molecule has 1 heterocycles. The van der Waals surface area contributed by atoms with Gasteiger partial charge in [0.1, 0.15) is 0 Å². The number of rotatable bonds is 5. The number of nitrogens with one attached hydrogen (secondary N) is 1. The highest BCUT2D eigenvalue weighted by molar-refractivity contribution is 7.94. The van der Waals surface area contributed by atoms with Crippen molar-refractivity contribution >= 4 is 27.4 Å². The van der Waals surface area contributed by atoms with E-state index in [0.29, 0.717) is 18.9 Å².